The van der Waals surface area contributed by atoms with Gasteiger partial charge in [-0.3, -0.25) is 19.2 Å². The van der Waals surface area contributed by atoms with E-state index in [0.717, 1.165) is 18.4 Å². The highest BCUT2D eigenvalue weighted by atomic mass is 35.5. The van der Waals surface area contributed by atoms with Gasteiger partial charge in [-0.15, -0.1) is 0 Å². The number of halogens is 1. The number of likely N-dealkylation sites (tertiary alicyclic amines) is 1. The van der Waals surface area contributed by atoms with Crippen molar-refractivity contribution in [1.29, 1.82) is 0 Å². The lowest BCUT2D eigenvalue weighted by molar-refractivity contribution is -0.135. The standard InChI is InChI=1S/C25H29ClN4O4/c1-14-9-21(24(33)27-11-14)29-23(32)19-8-4-6-17-12-30(13-20(17)19)25(34)22(28-15(2)31)16-5-3-7-18(26)10-16/h3,5,7,9-11,17,19-20,22H,4,6,8,12-13H2,1-2H3,(H,27,33)(H,28,31)(H,29,32)/t17-,19-,20+,22-/m1/s1. The first-order valence-electron chi connectivity index (χ1n) is 11.5. The average molecular weight is 485 g/mol. The van der Waals surface area contributed by atoms with E-state index in [1.807, 2.05) is 6.92 Å². The Labute approximate surface area is 203 Å². The van der Waals surface area contributed by atoms with Crippen LogP contribution in [0, 0.1) is 24.7 Å². The predicted octanol–water partition coefficient (Wildman–Crippen LogP) is 3.03. The van der Waals surface area contributed by atoms with Crippen molar-refractivity contribution < 1.29 is 14.4 Å². The van der Waals surface area contributed by atoms with E-state index >= 15 is 0 Å². The zero-order valence-corrected chi connectivity index (χ0v) is 20.0. The number of H-pyrrole nitrogens is 1. The van der Waals surface area contributed by atoms with Gasteiger partial charge in [0.05, 0.1) is 0 Å². The smallest absolute Gasteiger partial charge is 0.271 e. The molecule has 2 fully saturated rings. The van der Waals surface area contributed by atoms with Gasteiger partial charge in [-0.1, -0.05) is 30.2 Å². The quantitative estimate of drug-likeness (QED) is 0.605. The van der Waals surface area contributed by atoms with Crippen LogP contribution in [0.5, 0.6) is 0 Å². The second-order valence-corrected chi connectivity index (χ2v) is 9.74. The molecule has 1 saturated heterocycles. The number of amides is 3. The van der Waals surface area contributed by atoms with E-state index in [4.69, 9.17) is 11.6 Å². The Morgan fingerprint density at radius 3 is 2.71 bits per heavy atom. The van der Waals surface area contributed by atoms with Crippen molar-refractivity contribution in [2.75, 3.05) is 18.4 Å². The highest BCUT2D eigenvalue weighted by molar-refractivity contribution is 6.30. The molecule has 1 saturated carbocycles. The molecule has 2 heterocycles. The molecule has 8 nitrogen and oxygen atoms in total. The summed E-state index contributed by atoms with van der Waals surface area (Å²) in [6, 6.07) is 7.73. The minimum atomic E-state index is -0.838. The maximum Gasteiger partial charge on any atom is 0.271 e. The van der Waals surface area contributed by atoms with E-state index in [1.54, 1.807) is 41.4 Å². The van der Waals surface area contributed by atoms with Gasteiger partial charge >= 0.3 is 0 Å². The van der Waals surface area contributed by atoms with E-state index < -0.39 is 6.04 Å². The molecule has 1 aliphatic carbocycles. The first-order chi connectivity index (χ1) is 16.2. The van der Waals surface area contributed by atoms with Crippen LogP contribution in [-0.2, 0) is 14.4 Å². The van der Waals surface area contributed by atoms with Crippen molar-refractivity contribution >= 4 is 35.0 Å². The van der Waals surface area contributed by atoms with E-state index in [-0.39, 0.29) is 46.7 Å². The lowest BCUT2D eigenvalue weighted by atomic mass is 9.73. The number of hydrogen-bond donors (Lipinski definition) is 3. The maximum atomic E-state index is 13.5. The summed E-state index contributed by atoms with van der Waals surface area (Å²) in [4.78, 5) is 55.0. The van der Waals surface area contributed by atoms with Gasteiger partial charge in [0.2, 0.25) is 17.7 Å². The SMILES string of the molecule is CC(=O)N[C@@H](C(=O)N1C[C@H]2CCC[C@@H](C(=O)Nc3cc(C)c[nH]c3=O)[C@H]2C1)c1cccc(Cl)c1. The second-order valence-electron chi connectivity index (χ2n) is 9.30. The Balaban J connectivity index is 1.51. The number of carbonyl (C=O) groups is 3. The van der Waals surface area contributed by atoms with Crippen LogP contribution in [0.15, 0.2) is 41.3 Å². The first kappa shape index (κ1) is 24.0. The molecule has 0 radical (unpaired) electrons. The van der Waals surface area contributed by atoms with Crippen LogP contribution in [0.4, 0.5) is 5.69 Å². The number of aromatic nitrogens is 1. The largest absolute Gasteiger partial charge is 0.341 e. The lowest BCUT2D eigenvalue weighted by Crippen LogP contribution is -2.42. The molecule has 4 rings (SSSR count). The van der Waals surface area contributed by atoms with Crippen LogP contribution in [0.25, 0.3) is 0 Å². The monoisotopic (exact) mass is 484 g/mol. The Hall–Kier alpha value is -3.13. The molecule has 3 amide bonds. The van der Waals surface area contributed by atoms with E-state index in [9.17, 15) is 19.2 Å². The summed E-state index contributed by atoms with van der Waals surface area (Å²) in [5.74, 6) is -0.799. The van der Waals surface area contributed by atoms with Crippen molar-refractivity contribution in [3.63, 3.8) is 0 Å². The van der Waals surface area contributed by atoms with Crippen LogP contribution in [0.2, 0.25) is 5.02 Å². The Kier molecular flexibility index (Phi) is 7.07. The lowest BCUT2D eigenvalue weighted by Gasteiger charge is -2.31. The zero-order valence-electron chi connectivity index (χ0n) is 19.3. The van der Waals surface area contributed by atoms with Crippen LogP contribution in [0.1, 0.15) is 43.4 Å². The Morgan fingerprint density at radius 2 is 1.97 bits per heavy atom. The van der Waals surface area contributed by atoms with Crippen LogP contribution in [0.3, 0.4) is 0 Å². The fourth-order valence-corrected chi connectivity index (χ4v) is 5.45. The fourth-order valence-electron chi connectivity index (χ4n) is 5.25. The number of pyridine rings is 1. The number of nitrogens with zero attached hydrogens (tertiary/aromatic N) is 1. The number of aryl methyl sites for hydroxylation is 1. The fraction of sp³-hybridized carbons (Fsp3) is 0.440. The minimum absolute atomic E-state index is 0.000991. The summed E-state index contributed by atoms with van der Waals surface area (Å²) in [5.41, 5.74) is 1.37. The van der Waals surface area contributed by atoms with E-state index in [1.165, 1.54) is 6.92 Å². The molecule has 2 aromatic rings. The first-order valence-corrected chi connectivity index (χ1v) is 11.9. The van der Waals surface area contributed by atoms with Crippen molar-refractivity contribution in [2.45, 2.75) is 39.2 Å². The van der Waals surface area contributed by atoms with Gasteiger partial charge in [-0.2, -0.15) is 0 Å². The summed E-state index contributed by atoms with van der Waals surface area (Å²) in [5, 5.41) is 6.04. The van der Waals surface area contributed by atoms with E-state index in [0.29, 0.717) is 30.1 Å². The number of fused-ring (bicyclic) bond motifs is 1. The van der Waals surface area contributed by atoms with Crippen LogP contribution in [-0.4, -0.2) is 40.7 Å². The number of hydrogen-bond acceptors (Lipinski definition) is 4. The number of nitrogens with one attached hydrogen (secondary N) is 3. The van der Waals surface area contributed by atoms with Crippen molar-refractivity contribution in [2.24, 2.45) is 17.8 Å². The summed E-state index contributed by atoms with van der Waals surface area (Å²) >= 11 is 6.12. The van der Waals surface area contributed by atoms with Gasteiger partial charge in [0.1, 0.15) is 11.7 Å². The highest BCUT2D eigenvalue weighted by Gasteiger charge is 2.45. The van der Waals surface area contributed by atoms with Crippen molar-refractivity contribution in [3.8, 4) is 0 Å². The number of anilines is 1. The molecule has 1 aromatic heterocycles. The summed E-state index contributed by atoms with van der Waals surface area (Å²) in [6.45, 7) is 4.19. The van der Waals surface area contributed by atoms with Gasteiger partial charge < -0.3 is 20.5 Å². The average Bonchev–Trinajstić information content (AvgIpc) is 3.23. The van der Waals surface area contributed by atoms with Crippen LogP contribution >= 0.6 is 11.6 Å². The third kappa shape index (κ3) is 5.17. The second kappa shape index (κ2) is 10.0. The number of rotatable bonds is 5. The maximum absolute atomic E-state index is 13.5. The molecular formula is C25H29ClN4O4. The molecular weight excluding hydrogens is 456 g/mol. The minimum Gasteiger partial charge on any atom is -0.341 e. The van der Waals surface area contributed by atoms with Crippen LogP contribution < -0.4 is 16.2 Å². The predicted molar refractivity (Wildman–Crippen MR) is 129 cm³/mol. The molecule has 0 spiro atoms. The van der Waals surface area contributed by atoms with Gasteiger partial charge in [-0.05, 0) is 60.9 Å². The van der Waals surface area contributed by atoms with Gasteiger partial charge in [-0.25, -0.2) is 0 Å². The molecule has 34 heavy (non-hydrogen) atoms. The molecule has 4 atom stereocenters. The third-order valence-corrected chi connectivity index (χ3v) is 7.06. The third-order valence-electron chi connectivity index (χ3n) is 6.83. The normalized spacial score (nSPS) is 22.6. The number of carbonyl (C=O) groups excluding carboxylic acids is 3. The summed E-state index contributed by atoms with van der Waals surface area (Å²) in [6.07, 6.45) is 4.13. The molecule has 3 N–H and O–H groups in total. The van der Waals surface area contributed by atoms with Crippen molar-refractivity contribution in [1.82, 2.24) is 15.2 Å². The topological polar surface area (TPSA) is 111 Å². The Morgan fingerprint density at radius 1 is 1.18 bits per heavy atom. The van der Waals surface area contributed by atoms with Gasteiger partial charge in [0.15, 0.2) is 0 Å². The van der Waals surface area contributed by atoms with Gasteiger partial charge in [0.25, 0.3) is 5.56 Å². The molecule has 0 bridgehead atoms. The van der Waals surface area contributed by atoms with E-state index in [2.05, 4.69) is 15.6 Å². The summed E-state index contributed by atoms with van der Waals surface area (Å²) in [7, 11) is 0. The zero-order chi connectivity index (χ0) is 24.4. The van der Waals surface area contributed by atoms with Crippen molar-refractivity contribution in [3.05, 3.63) is 63.0 Å². The molecule has 180 valence electrons. The summed E-state index contributed by atoms with van der Waals surface area (Å²) < 4.78 is 0. The highest BCUT2D eigenvalue weighted by Crippen LogP contribution is 2.41. The molecule has 9 heteroatoms. The number of aromatic amines is 1. The van der Waals surface area contributed by atoms with Gasteiger partial charge in [0, 0.05) is 37.2 Å². The molecule has 2 aliphatic rings. The molecule has 0 unspecified atom stereocenters. The molecule has 1 aromatic carbocycles. The molecule has 1 aliphatic heterocycles. The number of benzene rings is 1. The Bertz CT molecular complexity index is 1160.